The second-order valence-corrected chi connectivity index (χ2v) is 8.62. The number of likely N-dealkylation sites (tertiary alicyclic amines) is 1. The van der Waals surface area contributed by atoms with E-state index < -0.39 is 4.92 Å². The summed E-state index contributed by atoms with van der Waals surface area (Å²) >= 11 is 1.78. The Morgan fingerprint density at radius 2 is 1.92 bits per heavy atom. The van der Waals surface area contributed by atoms with E-state index in [1.165, 1.54) is 12.1 Å². The highest BCUT2D eigenvalue weighted by molar-refractivity contribution is 8.00. The van der Waals surface area contributed by atoms with Gasteiger partial charge in [0, 0.05) is 49.0 Å². The SMILES string of the molecule is O=C(C1CC1)N1CCC2(CC1)SCCN2C(=O)c1cccc([N+](=O)[O-])c1. The van der Waals surface area contributed by atoms with Crippen molar-refractivity contribution < 1.29 is 14.5 Å². The zero-order valence-corrected chi connectivity index (χ0v) is 15.2. The number of thioether (sulfide) groups is 1. The monoisotopic (exact) mass is 375 g/mol. The molecular weight excluding hydrogens is 354 g/mol. The quantitative estimate of drug-likeness (QED) is 0.599. The number of carbonyl (C=O) groups excluding carboxylic acids is 2. The first kappa shape index (κ1) is 17.3. The summed E-state index contributed by atoms with van der Waals surface area (Å²) in [7, 11) is 0. The maximum atomic E-state index is 13.0. The Kier molecular flexibility index (Phi) is 4.38. The number of non-ortho nitro benzene ring substituents is 1. The lowest BCUT2D eigenvalue weighted by molar-refractivity contribution is -0.384. The zero-order valence-electron chi connectivity index (χ0n) is 14.4. The molecule has 2 aliphatic heterocycles. The average Bonchev–Trinajstić information content (AvgIpc) is 3.43. The minimum atomic E-state index is -0.479. The Hall–Kier alpha value is -2.09. The largest absolute Gasteiger partial charge is 0.342 e. The maximum Gasteiger partial charge on any atom is 0.270 e. The lowest BCUT2D eigenvalue weighted by Crippen LogP contribution is -2.53. The molecule has 1 spiro atoms. The van der Waals surface area contributed by atoms with Crippen molar-refractivity contribution in [3.63, 3.8) is 0 Å². The van der Waals surface area contributed by atoms with Crippen LogP contribution in [0.25, 0.3) is 0 Å². The van der Waals surface area contributed by atoms with Crippen molar-refractivity contribution in [2.75, 3.05) is 25.4 Å². The van der Waals surface area contributed by atoms with Gasteiger partial charge in [-0.15, -0.1) is 11.8 Å². The first-order chi connectivity index (χ1) is 12.5. The van der Waals surface area contributed by atoms with Gasteiger partial charge in [-0.25, -0.2) is 0 Å². The lowest BCUT2D eigenvalue weighted by Gasteiger charge is -2.44. The van der Waals surface area contributed by atoms with Crippen molar-refractivity contribution in [3.05, 3.63) is 39.9 Å². The fourth-order valence-electron chi connectivity index (χ4n) is 3.88. The van der Waals surface area contributed by atoms with Crippen LogP contribution in [0.4, 0.5) is 5.69 Å². The van der Waals surface area contributed by atoms with E-state index in [0.29, 0.717) is 25.2 Å². The van der Waals surface area contributed by atoms with Gasteiger partial charge in [-0.05, 0) is 31.7 Å². The van der Waals surface area contributed by atoms with Crippen molar-refractivity contribution in [1.29, 1.82) is 0 Å². The molecule has 138 valence electrons. The molecule has 0 atom stereocenters. The van der Waals surface area contributed by atoms with Gasteiger partial charge in [0.2, 0.25) is 5.91 Å². The number of nitro groups is 1. The van der Waals surface area contributed by atoms with Gasteiger partial charge in [-0.1, -0.05) is 6.07 Å². The highest BCUT2D eigenvalue weighted by atomic mass is 32.2. The highest BCUT2D eigenvalue weighted by Gasteiger charge is 2.48. The molecule has 0 bridgehead atoms. The maximum absolute atomic E-state index is 13.0. The van der Waals surface area contributed by atoms with Gasteiger partial charge in [0.25, 0.3) is 11.6 Å². The molecule has 2 amide bonds. The van der Waals surface area contributed by atoms with Crippen LogP contribution < -0.4 is 0 Å². The van der Waals surface area contributed by atoms with Gasteiger partial charge in [0.05, 0.1) is 9.79 Å². The van der Waals surface area contributed by atoms with E-state index >= 15 is 0 Å². The molecule has 2 heterocycles. The second-order valence-electron chi connectivity index (χ2n) is 7.16. The van der Waals surface area contributed by atoms with E-state index in [1.807, 2.05) is 9.80 Å². The number of nitrogens with zero attached hydrogens (tertiary/aromatic N) is 3. The number of piperidine rings is 1. The molecule has 3 aliphatic rings. The number of nitro benzene ring substituents is 1. The second kappa shape index (κ2) is 6.57. The minimum Gasteiger partial charge on any atom is -0.342 e. The van der Waals surface area contributed by atoms with Crippen LogP contribution in [0.1, 0.15) is 36.0 Å². The molecule has 1 aromatic carbocycles. The number of hydrogen-bond donors (Lipinski definition) is 0. The van der Waals surface area contributed by atoms with Crippen molar-refractivity contribution >= 4 is 29.3 Å². The van der Waals surface area contributed by atoms with Gasteiger partial charge in [-0.2, -0.15) is 0 Å². The van der Waals surface area contributed by atoms with Gasteiger partial charge >= 0.3 is 0 Å². The Morgan fingerprint density at radius 1 is 1.19 bits per heavy atom. The number of benzene rings is 1. The summed E-state index contributed by atoms with van der Waals surface area (Å²) in [5, 5.41) is 11.0. The predicted octanol–water partition coefficient (Wildman–Crippen LogP) is 2.51. The first-order valence-corrected chi connectivity index (χ1v) is 9.98. The summed E-state index contributed by atoms with van der Waals surface area (Å²) in [5.41, 5.74) is 0.291. The Labute approximate surface area is 155 Å². The molecule has 26 heavy (non-hydrogen) atoms. The first-order valence-electron chi connectivity index (χ1n) is 8.99. The van der Waals surface area contributed by atoms with Crippen LogP contribution in [0, 0.1) is 16.0 Å². The van der Waals surface area contributed by atoms with E-state index in [9.17, 15) is 19.7 Å². The number of amides is 2. The van der Waals surface area contributed by atoms with Crippen molar-refractivity contribution in [3.8, 4) is 0 Å². The van der Waals surface area contributed by atoms with E-state index in [-0.39, 0.29) is 28.3 Å². The van der Waals surface area contributed by atoms with Gasteiger partial charge in [-0.3, -0.25) is 19.7 Å². The van der Waals surface area contributed by atoms with Crippen LogP contribution >= 0.6 is 11.8 Å². The molecule has 0 N–H and O–H groups in total. The fraction of sp³-hybridized carbons (Fsp3) is 0.556. The van der Waals surface area contributed by atoms with Crippen LogP contribution in [0.3, 0.4) is 0 Å². The smallest absolute Gasteiger partial charge is 0.270 e. The van der Waals surface area contributed by atoms with Crippen molar-refractivity contribution in [2.24, 2.45) is 5.92 Å². The Bertz CT molecular complexity index is 757. The molecule has 0 unspecified atom stereocenters. The summed E-state index contributed by atoms with van der Waals surface area (Å²) in [6.07, 6.45) is 3.53. The molecule has 0 radical (unpaired) electrons. The van der Waals surface area contributed by atoms with E-state index in [2.05, 4.69) is 0 Å². The summed E-state index contributed by atoms with van der Waals surface area (Å²) in [5.74, 6) is 1.19. The Balaban J connectivity index is 1.49. The topological polar surface area (TPSA) is 83.8 Å². The molecule has 4 rings (SSSR count). The average molecular weight is 375 g/mol. The van der Waals surface area contributed by atoms with Crippen LogP contribution in [-0.4, -0.2) is 56.8 Å². The molecule has 0 aromatic heterocycles. The normalized spacial score (nSPS) is 21.8. The third-order valence-corrected chi connectivity index (χ3v) is 7.06. The number of rotatable bonds is 3. The molecule has 1 saturated carbocycles. The molecular formula is C18H21N3O4S. The van der Waals surface area contributed by atoms with E-state index in [4.69, 9.17) is 0 Å². The molecule has 7 nitrogen and oxygen atoms in total. The lowest BCUT2D eigenvalue weighted by atomic mass is 10.0. The van der Waals surface area contributed by atoms with Crippen LogP contribution in [0.15, 0.2) is 24.3 Å². The molecule has 2 saturated heterocycles. The highest BCUT2D eigenvalue weighted by Crippen LogP contribution is 2.45. The minimum absolute atomic E-state index is 0.0680. The van der Waals surface area contributed by atoms with Crippen LogP contribution in [0.5, 0.6) is 0 Å². The third kappa shape index (κ3) is 3.06. The summed E-state index contributed by atoms with van der Waals surface area (Å²) in [4.78, 5) is 39.4. The van der Waals surface area contributed by atoms with Gasteiger partial charge in [0.15, 0.2) is 0 Å². The van der Waals surface area contributed by atoms with Gasteiger partial charge < -0.3 is 9.80 Å². The predicted molar refractivity (Wildman–Crippen MR) is 97.9 cm³/mol. The zero-order chi connectivity index (χ0) is 18.3. The van der Waals surface area contributed by atoms with Crippen LogP contribution in [0.2, 0.25) is 0 Å². The molecule has 1 aromatic rings. The summed E-state index contributed by atoms with van der Waals surface area (Å²) in [6, 6.07) is 5.94. The summed E-state index contributed by atoms with van der Waals surface area (Å²) < 4.78 is 0. The van der Waals surface area contributed by atoms with Crippen molar-refractivity contribution in [1.82, 2.24) is 9.80 Å². The van der Waals surface area contributed by atoms with Crippen LogP contribution in [-0.2, 0) is 4.79 Å². The molecule has 1 aliphatic carbocycles. The van der Waals surface area contributed by atoms with E-state index in [0.717, 1.165) is 31.4 Å². The summed E-state index contributed by atoms with van der Waals surface area (Å²) in [6.45, 7) is 2.00. The fourth-order valence-corrected chi connectivity index (χ4v) is 5.34. The Morgan fingerprint density at radius 3 is 2.58 bits per heavy atom. The third-order valence-electron chi connectivity index (χ3n) is 5.51. The number of carbonyl (C=O) groups is 2. The standard InChI is InChI=1S/C18H21N3O4S/c22-16(13-4-5-13)19-8-6-18(7-9-19)20(10-11-26-18)17(23)14-2-1-3-15(12-14)21(24)25/h1-3,12-13H,4-11H2. The number of hydrogen-bond acceptors (Lipinski definition) is 5. The van der Waals surface area contributed by atoms with Crippen molar-refractivity contribution in [2.45, 2.75) is 30.6 Å². The van der Waals surface area contributed by atoms with Gasteiger partial charge in [0.1, 0.15) is 0 Å². The molecule has 3 fully saturated rings. The molecule has 8 heteroatoms. The van der Waals surface area contributed by atoms with E-state index in [1.54, 1.807) is 23.9 Å².